The van der Waals surface area contributed by atoms with E-state index in [1.807, 2.05) is 0 Å². The number of aryl methyl sites for hydroxylation is 1. The fourth-order valence-corrected chi connectivity index (χ4v) is 2.47. The van der Waals surface area contributed by atoms with Crippen LogP contribution < -0.4 is 3.69 Å². The van der Waals surface area contributed by atoms with Crippen molar-refractivity contribution in [2.75, 3.05) is 0 Å². The molecule has 0 radical (unpaired) electrons. The monoisotopic (exact) mass is 238 g/mol. The lowest BCUT2D eigenvalue weighted by Gasteiger charge is -1.97. The summed E-state index contributed by atoms with van der Waals surface area (Å²) >= 11 is 0.0726. The van der Waals surface area contributed by atoms with E-state index in [1.165, 1.54) is 16.5 Å². The molecule has 0 aliphatic rings. The number of halogens is 1. The molecular formula is C10H15BrMg. The van der Waals surface area contributed by atoms with Gasteiger partial charge in [-0.1, -0.05) is 43.2 Å². The molecule has 64 valence electrons. The van der Waals surface area contributed by atoms with Gasteiger partial charge in [-0.05, 0) is 6.92 Å². The third kappa shape index (κ3) is 4.48. The standard InChI is InChI=1S/C7H7.C3H7.BrH.Mg/c1-7-5-3-2-4-6-7;1-3-2;;/h3-6H,1H3;1,3H2,2H3;1H;. The molecule has 0 heterocycles. The maximum absolute atomic E-state index is 2.29. The summed E-state index contributed by atoms with van der Waals surface area (Å²) < 4.78 is 3.06. The molecule has 0 saturated heterocycles. The second-order valence-electron chi connectivity index (χ2n) is 3.09. The lowest BCUT2D eigenvalue weighted by molar-refractivity contribution is 1.08. The Balaban J connectivity index is 0.00000121. The summed E-state index contributed by atoms with van der Waals surface area (Å²) in [6.45, 7) is 4.41. The summed E-state index contributed by atoms with van der Waals surface area (Å²) in [5.74, 6) is 0. The van der Waals surface area contributed by atoms with E-state index in [0.29, 0.717) is 0 Å². The number of hydrogen-bond donors (Lipinski definition) is 0. The molecule has 0 amide bonds. The van der Waals surface area contributed by atoms with Crippen LogP contribution in [0.3, 0.4) is 0 Å². The van der Waals surface area contributed by atoms with Gasteiger partial charge in [-0.2, -0.15) is 3.69 Å². The maximum atomic E-state index is 2.29. The van der Waals surface area contributed by atoms with E-state index in [1.54, 1.807) is 3.69 Å². The van der Waals surface area contributed by atoms with Gasteiger partial charge in [0.2, 0.25) is 0 Å². The van der Waals surface area contributed by atoms with Gasteiger partial charge in [0, 0.05) is 0 Å². The Morgan fingerprint density at radius 3 is 2.25 bits per heavy atom. The normalized spacial score (nSPS) is 8.50. The molecule has 1 aromatic carbocycles. The van der Waals surface area contributed by atoms with Gasteiger partial charge < -0.3 is 0 Å². The molecule has 1 rings (SSSR count). The first-order chi connectivity index (χ1) is 5.33. The van der Waals surface area contributed by atoms with Crippen LogP contribution in [0, 0.1) is 6.92 Å². The van der Waals surface area contributed by atoms with Gasteiger partial charge in [-0.15, -0.1) is 21.5 Å². The maximum Gasteiger partial charge on any atom is 0.408 e. The van der Waals surface area contributed by atoms with Crippen LogP contribution in [0.5, 0.6) is 0 Å². The van der Waals surface area contributed by atoms with Crippen molar-refractivity contribution in [2.45, 2.75) is 24.8 Å². The second kappa shape index (κ2) is 6.93. The predicted molar refractivity (Wildman–Crippen MR) is 62.0 cm³/mol. The molecule has 0 unspecified atom stereocenters. The van der Waals surface area contributed by atoms with Crippen LogP contribution in [-0.2, 0) is 0 Å². The molecule has 0 bridgehead atoms. The highest BCUT2D eigenvalue weighted by Crippen LogP contribution is 1.93. The van der Waals surface area contributed by atoms with Crippen LogP contribution in [0.25, 0.3) is 0 Å². The van der Waals surface area contributed by atoms with Crippen molar-refractivity contribution in [1.29, 1.82) is 0 Å². The van der Waals surface area contributed by atoms with Gasteiger partial charge >= 0.3 is 20.4 Å². The van der Waals surface area contributed by atoms with E-state index in [2.05, 4.69) is 38.1 Å². The summed E-state index contributed by atoms with van der Waals surface area (Å²) in [5.41, 5.74) is 1.37. The Labute approximate surface area is 95.2 Å². The third-order valence-electron chi connectivity index (χ3n) is 1.94. The van der Waals surface area contributed by atoms with E-state index in [4.69, 9.17) is 0 Å². The Morgan fingerprint density at radius 2 is 1.75 bits per heavy atom. The molecule has 0 nitrogen and oxygen atoms in total. The van der Waals surface area contributed by atoms with Crippen molar-refractivity contribution in [1.82, 2.24) is 0 Å². The minimum Gasteiger partial charge on any atom is -0.174 e. The first-order valence-electron chi connectivity index (χ1n) is 4.38. The van der Waals surface area contributed by atoms with Crippen molar-refractivity contribution >= 4 is 41.0 Å². The van der Waals surface area contributed by atoms with E-state index in [0.717, 1.165) is 0 Å². The molecule has 0 aliphatic carbocycles. The second-order valence-corrected chi connectivity index (χ2v) is 5.11. The molecular weight excluding hydrogens is 224 g/mol. The molecule has 0 saturated carbocycles. The van der Waals surface area contributed by atoms with Crippen LogP contribution in [0.4, 0.5) is 0 Å². The smallest absolute Gasteiger partial charge is 0.174 e. The lowest BCUT2D eigenvalue weighted by atomic mass is 10.2. The fourth-order valence-electron chi connectivity index (χ4n) is 1.14. The minimum absolute atomic E-state index is 0. The summed E-state index contributed by atoms with van der Waals surface area (Å²) in [4.78, 5) is 0. The Kier molecular flexibility index (Phi) is 7.20. The van der Waals surface area contributed by atoms with Crippen LogP contribution >= 0.6 is 17.0 Å². The number of hydrogen-bond acceptors (Lipinski definition) is 0. The molecule has 12 heavy (non-hydrogen) atoms. The third-order valence-corrected chi connectivity index (χ3v) is 4.05. The Bertz CT molecular complexity index is 206. The van der Waals surface area contributed by atoms with Gasteiger partial charge in [-0.3, -0.25) is 0 Å². The Morgan fingerprint density at radius 1 is 1.17 bits per heavy atom. The van der Waals surface area contributed by atoms with Crippen LogP contribution in [0.1, 0.15) is 18.9 Å². The average molecular weight is 239 g/mol. The zero-order valence-electron chi connectivity index (χ0n) is 7.84. The minimum atomic E-state index is 0. The van der Waals surface area contributed by atoms with Crippen LogP contribution in [-0.4, -0.2) is 20.4 Å². The summed E-state index contributed by atoms with van der Waals surface area (Å²) in [5, 5.41) is 0. The average Bonchev–Trinajstić information content (AvgIpc) is 2.04. The fraction of sp³-hybridized carbons (Fsp3) is 0.400. The van der Waals surface area contributed by atoms with Crippen molar-refractivity contribution in [3.8, 4) is 0 Å². The lowest BCUT2D eigenvalue weighted by Crippen LogP contribution is -2.12. The largest absolute Gasteiger partial charge is 0.408 e. The predicted octanol–water partition coefficient (Wildman–Crippen LogP) is 2.73. The van der Waals surface area contributed by atoms with E-state index in [-0.39, 0.29) is 37.3 Å². The first kappa shape index (κ1) is 12.5. The Hall–Kier alpha value is 0.466. The van der Waals surface area contributed by atoms with E-state index in [9.17, 15) is 0 Å². The highest BCUT2D eigenvalue weighted by Gasteiger charge is 1.95. The van der Waals surface area contributed by atoms with Crippen LogP contribution in [0.2, 0.25) is 4.55 Å². The highest BCUT2D eigenvalue weighted by molar-refractivity contribution is 8.93. The van der Waals surface area contributed by atoms with Gasteiger partial charge in [-0.25, -0.2) is 0 Å². The number of rotatable bonds is 3. The van der Waals surface area contributed by atoms with E-state index >= 15 is 0 Å². The van der Waals surface area contributed by atoms with Gasteiger partial charge in [0.05, 0.1) is 0 Å². The highest BCUT2D eigenvalue weighted by atomic mass is 79.9. The van der Waals surface area contributed by atoms with E-state index < -0.39 is 0 Å². The molecule has 0 aliphatic heterocycles. The van der Waals surface area contributed by atoms with Crippen molar-refractivity contribution < 1.29 is 0 Å². The summed E-state index contributed by atoms with van der Waals surface area (Å²) in [6.07, 6.45) is 1.35. The van der Waals surface area contributed by atoms with Gasteiger partial charge in [0.25, 0.3) is 0 Å². The molecule has 0 atom stereocenters. The quantitative estimate of drug-likeness (QED) is 0.712. The van der Waals surface area contributed by atoms with Crippen molar-refractivity contribution in [3.63, 3.8) is 0 Å². The molecule has 0 aromatic heterocycles. The SMILES string of the molecule is Br.CC[CH2][Mg][c]1ccc(C)cc1. The van der Waals surface area contributed by atoms with Crippen LogP contribution in [0.15, 0.2) is 24.3 Å². The molecule has 0 fully saturated rings. The molecule has 0 N–H and O–H groups in total. The molecule has 1 aromatic rings. The zero-order valence-corrected chi connectivity index (χ0v) is 11.0. The molecule has 0 spiro atoms. The summed E-state index contributed by atoms with van der Waals surface area (Å²) in [7, 11) is 0. The zero-order chi connectivity index (χ0) is 8.10. The van der Waals surface area contributed by atoms with Crippen molar-refractivity contribution in [3.05, 3.63) is 29.8 Å². The van der Waals surface area contributed by atoms with Gasteiger partial charge in [0.15, 0.2) is 0 Å². The summed E-state index contributed by atoms with van der Waals surface area (Å²) in [6, 6.07) is 9.02. The number of benzene rings is 1. The first-order valence-corrected chi connectivity index (χ1v) is 6.09. The van der Waals surface area contributed by atoms with Gasteiger partial charge in [0.1, 0.15) is 0 Å². The van der Waals surface area contributed by atoms with Crippen molar-refractivity contribution in [2.24, 2.45) is 0 Å². The topological polar surface area (TPSA) is 0 Å². The molecule has 2 heteroatoms.